The molecule has 0 spiro atoms. The molecule has 0 saturated heterocycles. The molecular weight excluding hydrogens is 554 g/mol. The largest absolute Gasteiger partial charge is 0.550 e. The molecule has 0 aromatic rings. The third-order valence-electron chi connectivity index (χ3n) is 7.60. The lowest BCUT2D eigenvalue weighted by molar-refractivity contribution is -0.890. The maximum atomic E-state index is 11.9. The highest BCUT2D eigenvalue weighted by Crippen LogP contribution is 2.22. The number of quaternary nitrogens is 2. The minimum atomic E-state index is -1.12. The number of amides is 1. The van der Waals surface area contributed by atoms with Crippen molar-refractivity contribution in [1.29, 1.82) is 10.5 Å². The lowest BCUT2D eigenvalue weighted by atomic mass is 9.90. The van der Waals surface area contributed by atoms with Crippen molar-refractivity contribution in [2.45, 2.75) is 73.1 Å². The lowest BCUT2D eigenvalue weighted by Crippen LogP contribution is -2.49. The predicted octanol–water partition coefficient (Wildman–Crippen LogP) is 0.607. The zero-order valence-electron chi connectivity index (χ0n) is 27.9. The van der Waals surface area contributed by atoms with E-state index in [4.69, 9.17) is 15.3 Å². The van der Waals surface area contributed by atoms with Crippen molar-refractivity contribution in [3.8, 4) is 12.1 Å². The summed E-state index contributed by atoms with van der Waals surface area (Å²) < 4.78 is 6.02. The summed E-state index contributed by atoms with van der Waals surface area (Å²) in [7, 11) is 7.45. The van der Waals surface area contributed by atoms with E-state index in [1.807, 2.05) is 34.9 Å². The minimum absolute atomic E-state index is 0.0197. The van der Waals surface area contributed by atoms with Gasteiger partial charge in [-0.15, -0.1) is 0 Å². The van der Waals surface area contributed by atoms with Crippen molar-refractivity contribution in [3.63, 3.8) is 0 Å². The van der Waals surface area contributed by atoms with Crippen LogP contribution in [0.1, 0.15) is 73.1 Å². The molecule has 3 atom stereocenters. The van der Waals surface area contributed by atoms with E-state index in [2.05, 4.69) is 17.5 Å². The third kappa shape index (κ3) is 21.2. The van der Waals surface area contributed by atoms with Crippen molar-refractivity contribution < 1.29 is 43.1 Å². The summed E-state index contributed by atoms with van der Waals surface area (Å²) in [6, 6.07) is 4.31. The van der Waals surface area contributed by atoms with Gasteiger partial charge >= 0.3 is 5.97 Å². The van der Waals surface area contributed by atoms with Gasteiger partial charge < -0.3 is 38.8 Å². The Balaban J connectivity index is 0. The summed E-state index contributed by atoms with van der Waals surface area (Å²) >= 11 is 0. The van der Waals surface area contributed by atoms with Crippen molar-refractivity contribution in [1.82, 2.24) is 5.32 Å². The molecule has 43 heavy (non-hydrogen) atoms. The average Bonchev–Trinajstić information content (AvgIpc) is 2.92. The number of nitrogens with one attached hydrogen (secondary N) is 1. The predicted molar refractivity (Wildman–Crippen MR) is 158 cm³/mol. The Kier molecular flexibility index (Phi) is 20.1. The average molecular weight is 610 g/mol. The molecule has 0 aromatic heterocycles. The maximum absolute atomic E-state index is 11.9. The fourth-order valence-corrected chi connectivity index (χ4v) is 3.88. The van der Waals surface area contributed by atoms with Gasteiger partial charge in [0.25, 0.3) is 0 Å². The normalized spacial score (nSPS) is 13.7. The van der Waals surface area contributed by atoms with E-state index in [-0.39, 0.29) is 47.8 Å². The first kappa shape index (κ1) is 41.9. The first-order valence-electron chi connectivity index (χ1n) is 15.0. The molecule has 0 fully saturated rings. The van der Waals surface area contributed by atoms with Crippen LogP contribution in [-0.2, 0) is 23.9 Å². The second-order valence-electron chi connectivity index (χ2n) is 13.2. The van der Waals surface area contributed by atoms with Crippen molar-refractivity contribution in [3.05, 3.63) is 0 Å². The van der Waals surface area contributed by atoms with Gasteiger partial charge in [-0.1, -0.05) is 20.8 Å². The highest BCUT2D eigenvalue weighted by molar-refractivity contribution is 5.78. The SMILES string of the molecule is CCC(C#N)CC(C)C(=O)NCCC[N+](C)(C)CCC(=O)[O-].CCC(C)(C)C(=O)OCC(C#N)CC[N+](C)(C)CC(=O)[O-]. The van der Waals surface area contributed by atoms with Gasteiger partial charge in [-0.05, 0) is 33.1 Å². The molecule has 1 amide bonds. The zero-order chi connectivity index (χ0) is 33.9. The number of ether oxygens (including phenoxy) is 1. The molecule has 0 aromatic carbocycles. The van der Waals surface area contributed by atoms with Gasteiger partial charge in [0.05, 0.1) is 77.3 Å². The van der Waals surface area contributed by atoms with E-state index in [0.29, 0.717) is 43.4 Å². The van der Waals surface area contributed by atoms with Crippen LogP contribution in [0.2, 0.25) is 0 Å². The summed E-state index contributed by atoms with van der Waals surface area (Å²) in [6.07, 6.45) is 3.32. The third-order valence-corrected chi connectivity index (χ3v) is 7.60. The molecule has 0 aliphatic rings. The Morgan fingerprint density at radius 3 is 1.95 bits per heavy atom. The Hall–Kier alpha value is -3.22. The number of esters is 1. The van der Waals surface area contributed by atoms with Gasteiger partial charge in [0.2, 0.25) is 5.91 Å². The van der Waals surface area contributed by atoms with Crippen LogP contribution in [0.5, 0.6) is 0 Å². The molecule has 0 saturated carbocycles. The minimum Gasteiger partial charge on any atom is -0.550 e. The van der Waals surface area contributed by atoms with Crippen LogP contribution in [0.25, 0.3) is 0 Å². The summed E-state index contributed by atoms with van der Waals surface area (Å²) in [5.41, 5.74) is -0.551. The van der Waals surface area contributed by atoms with E-state index in [0.717, 1.165) is 19.4 Å². The highest BCUT2D eigenvalue weighted by Gasteiger charge is 2.28. The van der Waals surface area contributed by atoms with E-state index < -0.39 is 23.3 Å². The van der Waals surface area contributed by atoms with Crippen LogP contribution in [0, 0.1) is 45.8 Å². The summed E-state index contributed by atoms with van der Waals surface area (Å²) in [5.74, 6) is -3.14. The summed E-state index contributed by atoms with van der Waals surface area (Å²) in [6.45, 7) is 11.6. The topological polar surface area (TPSA) is 183 Å². The number of carboxylic acid groups (broad SMARTS) is 2. The second-order valence-corrected chi connectivity index (χ2v) is 13.2. The van der Waals surface area contributed by atoms with E-state index in [9.17, 15) is 29.4 Å². The van der Waals surface area contributed by atoms with E-state index in [1.165, 1.54) is 0 Å². The van der Waals surface area contributed by atoms with E-state index in [1.54, 1.807) is 27.9 Å². The number of aliphatic carboxylic acids is 2. The fraction of sp³-hybridized carbons (Fsp3) is 0.806. The van der Waals surface area contributed by atoms with Crippen LogP contribution < -0.4 is 15.5 Å². The number of carbonyl (C=O) groups is 4. The fourth-order valence-electron chi connectivity index (χ4n) is 3.88. The molecule has 0 heterocycles. The van der Waals surface area contributed by atoms with Gasteiger partial charge in [-0.3, -0.25) is 9.59 Å². The number of carboxylic acids is 2. The maximum Gasteiger partial charge on any atom is 0.311 e. The quantitative estimate of drug-likeness (QED) is 0.117. The zero-order valence-corrected chi connectivity index (χ0v) is 27.9. The number of nitriles is 2. The Labute approximate surface area is 258 Å². The number of carbonyl (C=O) groups excluding carboxylic acids is 4. The first-order chi connectivity index (χ1) is 19.8. The van der Waals surface area contributed by atoms with Crippen molar-refractivity contribution in [2.24, 2.45) is 23.2 Å². The van der Waals surface area contributed by atoms with Crippen LogP contribution in [-0.4, -0.2) is 100 Å². The number of likely N-dealkylation sites (N-methyl/N-ethyl adjacent to an activating group) is 1. The number of rotatable bonds is 20. The molecule has 3 unspecified atom stereocenters. The van der Waals surface area contributed by atoms with Crippen LogP contribution in [0.4, 0.5) is 0 Å². The monoisotopic (exact) mass is 609 g/mol. The molecule has 1 N–H and O–H groups in total. The second kappa shape index (κ2) is 20.6. The van der Waals surface area contributed by atoms with Crippen molar-refractivity contribution in [2.75, 3.05) is 67.5 Å². The smallest absolute Gasteiger partial charge is 0.311 e. The molecule has 0 aliphatic heterocycles. The van der Waals surface area contributed by atoms with Crippen molar-refractivity contribution >= 4 is 23.8 Å². The molecule has 12 heteroatoms. The summed E-state index contributed by atoms with van der Waals surface area (Å²) in [5, 5.41) is 42.0. The van der Waals surface area contributed by atoms with Gasteiger partial charge in [0.1, 0.15) is 13.2 Å². The van der Waals surface area contributed by atoms with Crippen LogP contribution in [0.3, 0.4) is 0 Å². The molecule has 12 nitrogen and oxygen atoms in total. The Morgan fingerprint density at radius 2 is 1.49 bits per heavy atom. The van der Waals surface area contributed by atoms with Crippen LogP contribution >= 0.6 is 0 Å². The number of hydrogen-bond donors (Lipinski definition) is 1. The Bertz CT molecular complexity index is 967. The molecule has 246 valence electrons. The number of nitrogens with zero attached hydrogens (tertiary/aromatic N) is 4. The van der Waals surface area contributed by atoms with Gasteiger partial charge in [0, 0.05) is 43.6 Å². The molecule has 0 aliphatic carbocycles. The summed E-state index contributed by atoms with van der Waals surface area (Å²) in [4.78, 5) is 44.9. The van der Waals surface area contributed by atoms with E-state index >= 15 is 0 Å². The molecule has 0 rings (SSSR count). The van der Waals surface area contributed by atoms with Gasteiger partial charge in [-0.2, -0.15) is 10.5 Å². The highest BCUT2D eigenvalue weighted by atomic mass is 16.5. The van der Waals surface area contributed by atoms with Gasteiger partial charge in [0.15, 0.2) is 0 Å². The lowest BCUT2D eigenvalue weighted by Gasteiger charge is -2.30. The number of hydrogen-bond acceptors (Lipinski definition) is 9. The first-order valence-corrected chi connectivity index (χ1v) is 15.0. The molecular formula is C31H55N5O7. The van der Waals surface area contributed by atoms with Crippen LogP contribution in [0.15, 0.2) is 0 Å². The standard InChI is InChI=1S/C16H29N3O3.C15H26N2O4/c1-5-14(12-17)11-13(2)16(22)18-8-6-9-19(3,4)10-7-15(20)21;1-6-15(2,3)14(20)21-11-12(9-16)7-8-17(4,5)10-13(18)19/h13-14H,5-11H2,1-4H3,(H-,18,20,21,22);12H,6-8,10-11H2,1-5H3. The molecule has 0 bridgehead atoms. The molecule has 0 radical (unpaired) electrons. The Morgan fingerprint density at radius 1 is 0.907 bits per heavy atom. The van der Waals surface area contributed by atoms with Gasteiger partial charge in [-0.25, -0.2) is 0 Å².